The second kappa shape index (κ2) is 6.52. The van der Waals surface area contributed by atoms with Crippen molar-refractivity contribution in [3.8, 4) is 6.07 Å². The second-order valence-corrected chi connectivity index (χ2v) is 7.07. The summed E-state index contributed by atoms with van der Waals surface area (Å²) in [4.78, 5) is 26.0. The smallest absolute Gasteiger partial charge is 0.412 e. The van der Waals surface area contributed by atoms with Crippen molar-refractivity contribution in [1.82, 2.24) is 4.90 Å². The van der Waals surface area contributed by atoms with Gasteiger partial charge in [0.2, 0.25) is 0 Å². The average molecular weight is 329 g/mol. The molecule has 0 aliphatic heterocycles. The molecular weight excluding hydrogens is 306 g/mol. The SMILES string of the molecule is CN(C(=O)c1cccc(NC(=O)OC(C)(C)C)c1)C1(C#N)CCC1. The van der Waals surface area contributed by atoms with Crippen LogP contribution < -0.4 is 5.32 Å². The number of nitrogens with one attached hydrogen (secondary N) is 1. The van der Waals surface area contributed by atoms with Crippen molar-refractivity contribution in [2.75, 3.05) is 12.4 Å². The van der Waals surface area contributed by atoms with Crippen LogP contribution in [0.3, 0.4) is 0 Å². The number of anilines is 1. The van der Waals surface area contributed by atoms with E-state index in [0.717, 1.165) is 6.42 Å². The number of carbonyl (C=O) groups excluding carboxylic acids is 2. The van der Waals surface area contributed by atoms with Crippen LogP contribution in [0.25, 0.3) is 0 Å². The first-order chi connectivity index (χ1) is 11.2. The molecule has 6 heteroatoms. The van der Waals surface area contributed by atoms with Crippen LogP contribution in [0.1, 0.15) is 50.4 Å². The standard InChI is InChI=1S/C18H23N3O3/c1-17(2,3)24-16(23)20-14-8-5-7-13(11-14)15(22)21(4)18(12-19)9-6-10-18/h5,7-8,11H,6,9-10H2,1-4H3,(H,20,23). The third kappa shape index (κ3) is 3.85. The molecular formula is C18H23N3O3. The molecule has 2 amide bonds. The minimum atomic E-state index is -0.703. The van der Waals surface area contributed by atoms with Crippen LogP contribution in [-0.2, 0) is 4.74 Å². The lowest BCUT2D eigenvalue weighted by atomic mass is 9.76. The second-order valence-electron chi connectivity index (χ2n) is 7.07. The van der Waals surface area contributed by atoms with Gasteiger partial charge in [0, 0.05) is 18.3 Å². The van der Waals surface area contributed by atoms with Crippen LogP contribution in [0.15, 0.2) is 24.3 Å². The van der Waals surface area contributed by atoms with Crippen molar-refractivity contribution < 1.29 is 14.3 Å². The first-order valence-electron chi connectivity index (χ1n) is 7.96. The lowest BCUT2D eigenvalue weighted by Crippen LogP contribution is -2.53. The fourth-order valence-corrected chi connectivity index (χ4v) is 2.57. The normalized spacial score (nSPS) is 15.6. The summed E-state index contributed by atoms with van der Waals surface area (Å²) in [6.45, 7) is 5.34. The maximum Gasteiger partial charge on any atom is 0.412 e. The minimum absolute atomic E-state index is 0.232. The molecule has 1 N–H and O–H groups in total. The fourth-order valence-electron chi connectivity index (χ4n) is 2.57. The van der Waals surface area contributed by atoms with Crippen molar-refractivity contribution in [3.63, 3.8) is 0 Å². The van der Waals surface area contributed by atoms with Crippen LogP contribution in [0.2, 0.25) is 0 Å². The monoisotopic (exact) mass is 329 g/mol. The van der Waals surface area contributed by atoms with Gasteiger partial charge in [-0.1, -0.05) is 6.07 Å². The van der Waals surface area contributed by atoms with Gasteiger partial charge < -0.3 is 9.64 Å². The summed E-state index contributed by atoms with van der Waals surface area (Å²) < 4.78 is 5.20. The molecule has 0 spiro atoms. The molecule has 0 saturated heterocycles. The first kappa shape index (κ1) is 17.8. The van der Waals surface area contributed by atoms with E-state index in [1.807, 2.05) is 0 Å². The zero-order chi connectivity index (χ0) is 18.0. The van der Waals surface area contributed by atoms with Gasteiger partial charge in [-0.05, 0) is 58.2 Å². The Morgan fingerprint density at radius 3 is 2.50 bits per heavy atom. The number of carbonyl (C=O) groups is 2. The summed E-state index contributed by atoms with van der Waals surface area (Å²) in [5.41, 5.74) is -0.400. The molecule has 6 nitrogen and oxygen atoms in total. The maximum atomic E-state index is 12.6. The van der Waals surface area contributed by atoms with Gasteiger partial charge in [-0.15, -0.1) is 0 Å². The maximum absolute atomic E-state index is 12.6. The van der Waals surface area contributed by atoms with E-state index in [0.29, 0.717) is 24.1 Å². The number of benzene rings is 1. The number of nitrogens with zero attached hydrogens (tertiary/aromatic N) is 2. The highest BCUT2D eigenvalue weighted by Crippen LogP contribution is 2.37. The largest absolute Gasteiger partial charge is 0.444 e. The van der Waals surface area contributed by atoms with Crippen LogP contribution in [0.5, 0.6) is 0 Å². The molecule has 0 heterocycles. The molecule has 1 aliphatic carbocycles. The molecule has 2 rings (SSSR count). The van der Waals surface area contributed by atoms with Gasteiger partial charge in [0.25, 0.3) is 5.91 Å². The topological polar surface area (TPSA) is 82.4 Å². The summed E-state index contributed by atoms with van der Waals surface area (Å²) in [7, 11) is 1.65. The van der Waals surface area contributed by atoms with E-state index in [2.05, 4.69) is 11.4 Å². The quantitative estimate of drug-likeness (QED) is 0.919. The Morgan fingerprint density at radius 2 is 2.00 bits per heavy atom. The summed E-state index contributed by atoms with van der Waals surface area (Å²) in [6, 6.07) is 8.89. The summed E-state index contributed by atoms with van der Waals surface area (Å²) >= 11 is 0. The third-order valence-corrected chi connectivity index (χ3v) is 4.09. The third-order valence-electron chi connectivity index (χ3n) is 4.09. The summed E-state index contributed by atoms with van der Waals surface area (Å²) in [5, 5.41) is 12.0. The predicted molar refractivity (Wildman–Crippen MR) is 90.6 cm³/mol. The number of ether oxygens (including phenoxy) is 1. The molecule has 1 saturated carbocycles. The number of nitriles is 1. The van der Waals surface area contributed by atoms with Crippen LogP contribution in [0, 0.1) is 11.3 Å². The first-order valence-corrected chi connectivity index (χ1v) is 7.96. The van der Waals surface area contributed by atoms with Gasteiger partial charge in [-0.25, -0.2) is 4.79 Å². The molecule has 1 aromatic carbocycles. The van der Waals surface area contributed by atoms with E-state index >= 15 is 0 Å². The molecule has 1 aliphatic rings. The van der Waals surface area contributed by atoms with Crippen LogP contribution >= 0.6 is 0 Å². The van der Waals surface area contributed by atoms with Gasteiger partial charge in [-0.3, -0.25) is 10.1 Å². The Kier molecular flexibility index (Phi) is 4.83. The molecule has 0 atom stereocenters. The fraction of sp³-hybridized carbons (Fsp3) is 0.500. The number of amides is 2. The van der Waals surface area contributed by atoms with E-state index in [4.69, 9.17) is 4.74 Å². The van der Waals surface area contributed by atoms with E-state index in [9.17, 15) is 14.9 Å². The zero-order valence-corrected chi connectivity index (χ0v) is 14.5. The van der Waals surface area contributed by atoms with Crippen molar-refractivity contribution in [2.24, 2.45) is 0 Å². The highest BCUT2D eigenvalue weighted by atomic mass is 16.6. The van der Waals surface area contributed by atoms with Gasteiger partial charge >= 0.3 is 6.09 Å². The number of hydrogen-bond acceptors (Lipinski definition) is 4. The highest BCUT2D eigenvalue weighted by molar-refractivity contribution is 5.96. The Bertz CT molecular complexity index is 681. The molecule has 128 valence electrons. The highest BCUT2D eigenvalue weighted by Gasteiger charge is 2.43. The molecule has 0 unspecified atom stereocenters. The molecule has 0 bridgehead atoms. The van der Waals surface area contributed by atoms with Crippen molar-refractivity contribution in [1.29, 1.82) is 5.26 Å². The Hall–Kier alpha value is -2.55. The Morgan fingerprint density at radius 1 is 1.33 bits per heavy atom. The number of rotatable bonds is 3. The lowest BCUT2D eigenvalue weighted by molar-refractivity contribution is 0.0496. The molecule has 1 aromatic rings. The van der Waals surface area contributed by atoms with Crippen molar-refractivity contribution in [2.45, 2.75) is 51.2 Å². The molecule has 0 aromatic heterocycles. The van der Waals surface area contributed by atoms with E-state index in [1.54, 1.807) is 52.1 Å². The Balaban J connectivity index is 2.11. The van der Waals surface area contributed by atoms with Gasteiger partial charge in [0.1, 0.15) is 11.1 Å². The molecule has 1 fully saturated rings. The van der Waals surface area contributed by atoms with E-state index in [-0.39, 0.29) is 5.91 Å². The van der Waals surface area contributed by atoms with Crippen LogP contribution in [0.4, 0.5) is 10.5 Å². The minimum Gasteiger partial charge on any atom is -0.444 e. The zero-order valence-electron chi connectivity index (χ0n) is 14.5. The van der Waals surface area contributed by atoms with Crippen LogP contribution in [-0.4, -0.2) is 35.1 Å². The van der Waals surface area contributed by atoms with E-state index in [1.165, 1.54) is 4.90 Å². The predicted octanol–water partition coefficient (Wildman–Crippen LogP) is 3.55. The van der Waals surface area contributed by atoms with Crippen molar-refractivity contribution in [3.05, 3.63) is 29.8 Å². The van der Waals surface area contributed by atoms with E-state index < -0.39 is 17.2 Å². The summed E-state index contributed by atoms with van der Waals surface area (Å²) in [6.07, 6.45) is 1.77. The van der Waals surface area contributed by atoms with Crippen molar-refractivity contribution >= 4 is 17.7 Å². The van der Waals surface area contributed by atoms with Gasteiger partial charge in [0.05, 0.1) is 6.07 Å². The van der Waals surface area contributed by atoms with Gasteiger partial charge in [0.15, 0.2) is 0 Å². The number of hydrogen-bond donors (Lipinski definition) is 1. The average Bonchev–Trinajstić information content (AvgIpc) is 2.44. The molecule has 0 radical (unpaired) electrons. The summed E-state index contributed by atoms with van der Waals surface area (Å²) in [5.74, 6) is -0.232. The Labute approximate surface area is 142 Å². The van der Waals surface area contributed by atoms with Gasteiger partial charge in [-0.2, -0.15) is 5.26 Å². The lowest BCUT2D eigenvalue weighted by Gasteiger charge is -2.42. The molecule has 24 heavy (non-hydrogen) atoms.